The number of aryl methyl sites for hydroxylation is 1. The van der Waals surface area contributed by atoms with E-state index in [0.717, 1.165) is 39.2 Å². The first kappa shape index (κ1) is 22.1. The highest BCUT2D eigenvalue weighted by Gasteiger charge is 2.27. The molecule has 170 valence electrons. The average Bonchev–Trinajstić information content (AvgIpc) is 3.55. The minimum absolute atomic E-state index is 0.0359. The minimum Gasteiger partial charge on any atom is -0.349 e. The maximum absolute atomic E-state index is 13.2. The number of halogens is 1. The van der Waals surface area contributed by atoms with Gasteiger partial charge in [-0.1, -0.05) is 23.7 Å². The third-order valence-corrected chi connectivity index (χ3v) is 8.04. The van der Waals surface area contributed by atoms with E-state index in [2.05, 4.69) is 10.4 Å². The van der Waals surface area contributed by atoms with E-state index in [4.69, 9.17) is 11.6 Å². The van der Waals surface area contributed by atoms with Gasteiger partial charge >= 0.3 is 0 Å². The van der Waals surface area contributed by atoms with Crippen LogP contribution in [0.2, 0.25) is 5.02 Å². The maximum atomic E-state index is 13.2. The molecule has 0 atom stereocenters. The normalized spacial score (nSPS) is 14.7. The van der Waals surface area contributed by atoms with E-state index in [-0.39, 0.29) is 17.9 Å². The number of hydrogen-bond acceptors (Lipinski definition) is 5. The Balaban J connectivity index is 1.25. The zero-order valence-corrected chi connectivity index (χ0v) is 20.5. The summed E-state index contributed by atoms with van der Waals surface area (Å²) in [6.07, 6.45) is 1.52. The molecule has 33 heavy (non-hydrogen) atoms. The summed E-state index contributed by atoms with van der Waals surface area (Å²) >= 11 is 9.01. The summed E-state index contributed by atoms with van der Waals surface area (Å²) in [5.41, 5.74) is 2.73. The van der Waals surface area contributed by atoms with Gasteiger partial charge in [-0.05, 0) is 55.0 Å². The van der Waals surface area contributed by atoms with Gasteiger partial charge in [-0.3, -0.25) is 14.3 Å². The molecule has 6 nitrogen and oxygen atoms in total. The molecule has 0 unspecified atom stereocenters. The summed E-state index contributed by atoms with van der Waals surface area (Å²) in [6, 6.07) is 11.6. The van der Waals surface area contributed by atoms with Gasteiger partial charge in [0.25, 0.3) is 11.8 Å². The summed E-state index contributed by atoms with van der Waals surface area (Å²) < 4.78 is 1.96. The number of amides is 2. The zero-order chi connectivity index (χ0) is 22.9. The first-order valence-electron chi connectivity index (χ1n) is 10.8. The monoisotopic (exact) mass is 498 g/mol. The Kier molecular flexibility index (Phi) is 6.23. The van der Waals surface area contributed by atoms with E-state index in [1.54, 1.807) is 0 Å². The number of rotatable bonds is 5. The number of aromatic nitrogens is 2. The molecule has 9 heteroatoms. The van der Waals surface area contributed by atoms with Crippen LogP contribution in [0.3, 0.4) is 0 Å². The van der Waals surface area contributed by atoms with Crippen LogP contribution in [0.25, 0.3) is 10.2 Å². The third-order valence-electron chi connectivity index (χ3n) is 5.96. The quantitative estimate of drug-likeness (QED) is 0.411. The number of nitrogens with one attached hydrogen (secondary N) is 1. The summed E-state index contributed by atoms with van der Waals surface area (Å²) in [4.78, 5) is 29.1. The molecule has 1 aliphatic rings. The number of carbonyl (C=O) groups excluding carboxylic acids is 2. The van der Waals surface area contributed by atoms with Crippen LogP contribution in [-0.2, 0) is 6.54 Å². The summed E-state index contributed by atoms with van der Waals surface area (Å²) in [5, 5.41) is 13.2. The lowest BCUT2D eigenvalue weighted by Gasteiger charge is -2.32. The van der Waals surface area contributed by atoms with Crippen molar-refractivity contribution in [3.8, 4) is 0 Å². The first-order chi connectivity index (χ1) is 16.0. The second-order valence-corrected chi connectivity index (χ2v) is 10.5. The van der Waals surface area contributed by atoms with E-state index in [1.165, 1.54) is 22.7 Å². The van der Waals surface area contributed by atoms with E-state index in [0.29, 0.717) is 30.2 Å². The molecule has 1 fully saturated rings. The molecule has 0 saturated carbocycles. The largest absolute Gasteiger partial charge is 0.349 e. The molecule has 3 aromatic heterocycles. The molecule has 0 radical (unpaired) electrons. The van der Waals surface area contributed by atoms with Crippen LogP contribution in [0.4, 0.5) is 0 Å². The van der Waals surface area contributed by atoms with E-state index >= 15 is 0 Å². The topological polar surface area (TPSA) is 67.2 Å². The van der Waals surface area contributed by atoms with Gasteiger partial charge in [0.1, 0.15) is 4.83 Å². The van der Waals surface area contributed by atoms with Gasteiger partial charge in [-0.25, -0.2) is 0 Å². The number of fused-ring (bicyclic) bond motifs is 1. The van der Waals surface area contributed by atoms with Crippen molar-refractivity contribution in [2.75, 3.05) is 13.1 Å². The molecule has 4 aromatic rings. The number of hydrogen-bond donors (Lipinski definition) is 1. The Morgan fingerprint density at radius 3 is 2.64 bits per heavy atom. The van der Waals surface area contributed by atoms with Gasteiger partial charge in [-0.2, -0.15) is 16.4 Å². The van der Waals surface area contributed by atoms with Gasteiger partial charge in [0, 0.05) is 40.5 Å². The molecule has 0 spiro atoms. The van der Waals surface area contributed by atoms with Gasteiger partial charge < -0.3 is 10.2 Å². The SMILES string of the molecule is Cc1nn(Cc2ccc(Cl)cc2)c2sc(C(=O)N3CCC(NC(=O)c4ccsc4)CC3)cc12. The van der Waals surface area contributed by atoms with Crippen molar-refractivity contribution in [3.05, 3.63) is 73.9 Å². The number of thiophene rings is 2. The van der Waals surface area contributed by atoms with Crippen LogP contribution in [0.1, 0.15) is 44.1 Å². The molecule has 4 heterocycles. The van der Waals surface area contributed by atoms with E-state index < -0.39 is 0 Å². The molecule has 2 amide bonds. The molecular weight excluding hydrogens is 476 g/mol. The maximum Gasteiger partial charge on any atom is 0.264 e. The molecule has 1 N–H and O–H groups in total. The zero-order valence-electron chi connectivity index (χ0n) is 18.1. The average molecular weight is 499 g/mol. The Bertz CT molecular complexity index is 1290. The fraction of sp³-hybridized carbons (Fsp3) is 0.292. The number of nitrogens with zero attached hydrogens (tertiary/aromatic N) is 3. The van der Waals surface area contributed by atoms with Crippen molar-refractivity contribution in [2.45, 2.75) is 32.4 Å². The second kappa shape index (κ2) is 9.29. The Hall–Kier alpha value is -2.68. The van der Waals surface area contributed by atoms with Crippen molar-refractivity contribution in [2.24, 2.45) is 0 Å². The predicted octanol–water partition coefficient (Wildman–Crippen LogP) is 5.20. The van der Waals surface area contributed by atoms with Gasteiger partial charge in [-0.15, -0.1) is 11.3 Å². The van der Waals surface area contributed by atoms with E-state index in [1.807, 2.05) is 63.7 Å². The van der Waals surface area contributed by atoms with Crippen LogP contribution < -0.4 is 5.32 Å². The lowest BCUT2D eigenvalue weighted by atomic mass is 10.0. The van der Waals surface area contributed by atoms with Crippen molar-refractivity contribution < 1.29 is 9.59 Å². The lowest BCUT2D eigenvalue weighted by molar-refractivity contribution is 0.0703. The molecule has 1 aromatic carbocycles. The van der Waals surface area contributed by atoms with Crippen molar-refractivity contribution in [1.82, 2.24) is 20.0 Å². The summed E-state index contributed by atoms with van der Waals surface area (Å²) in [7, 11) is 0. The Labute approximate surface area is 204 Å². The van der Waals surface area contributed by atoms with Crippen molar-refractivity contribution in [3.63, 3.8) is 0 Å². The van der Waals surface area contributed by atoms with Crippen molar-refractivity contribution in [1.29, 1.82) is 0 Å². The Morgan fingerprint density at radius 2 is 1.94 bits per heavy atom. The third kappa shape index (κ3) is 4.69. The molecule has 0 bridgehead atoms. The lowest BCUT2D eigenvalue weighted by Crippen LogP contribution is -2.46. The fourth-order valence-corrected chi connectivity index (χ4v) is 6.02. The summed E-state index contributed by atoms with van der Waals surface area (Å²) in [6.45, 7) is 3.88. The number of piperidine rings is 1. The second-order valence-electron chi connectivity index (χ2n) is 8.25. The van der Waals surface area contributed by atoms with Crippen molar-refractivity contribution >= 4 is 56.3 Å². The molecule has 0 aliphatic carbocycles. The highest BCUT2D eigenvalue weighted by Crippen LogP contribution is 2.30. The Morgan fingerprint density at radius 1 is 1.18 bits per heavy atom. The summed E-state index contributed by atoms with van der Waals surface area (Å²) in [5.74, 6) is 0.0162. The molecule has 1 aliphatic heterocycles. The standard InChI is InChI=1S/C24H23ClN4O2S2/c1-15-20-12-21(33-24(20)29(27-15)13-16-2-4-18(25)5-3-16)23(31)28-9-6-19(7-10-28)26-22(30)17-8-11-32-14-17/h2-5,8,11-12,14,19H,6-7,9-10,13H2,1H3,(H,26,30). The van der Waals surface area contributed by atoms with Gasteiger partial charge in [0.05, 0.1) is 17.1 Å². The number of likely N-dealkylation sites (tertiary alicyclic amines) is 1. The van der Waals surface area contributed by atoms with Crippen LogP contribution in [0.5, 0.6) is 0 Å². The minimum atomic E-state index is -0.0359. The molecule has 5 rings (SSSR count). The van der Waals surface area contributed by atoms with Crippen LogP contribution in [-0.4, -0.2) is 45.6 Å². The fourth-order valence-electron chi connectivity index (χ4n) is 4.13. The van der Waals surface area contributed by atoms with Gasteiger partial charge in [0.2, 0.25) is 0 Å². The van der Waals surface area contributed by atoms with Crippen LogP contribution in [0.15, 0.2) is 47.2 Å². The smallest absolute Gasteiger partial charge is 0.264 e. The first-order valence-corrected chi connectivity index (χ1v) is 13.0. The number of benzene rings is 1. The highest BCUT2D eigenvalue weighted by atomic mass is 35.5. The molecule has 1 saturated heterocycles. The number of carbonyl (C=O) groups is 2. The van der Waals surface area contributed by atoms with E-state index in [9.17, 15) is 9.59 Å². The highest BCUT2D eigenvalue weighted by molar-refractivity contribution is 7.20. The molecular formula is C24H23ClN4O2S2. The van der Waals surface area contributed by atoms with Gasteiger partial charge in [0.15, 0.2) is 0 Å². The van der Waals surface area contributed by atoms with Crippen LogP contribution in [0, 0.1) is 6.92 Å². The van der Waals surface area contributed by atoms with Crippen LogP contribution >= 0.6 is 34.3 Å². The predicted molar refractivity (Wildman–Crippen MR) is 134 cm³/mol.